The molecule has 0 saturated carbocycles. The molecule has 1 heterocycles. The van der Waals surface area contributed by atoms with E-state index in [0.717, 1.165) is 12.5 Å². The molecule has 1 saturated heterocycles. The molecule has 1 atom stereocenters. The van der Waals surface area contributed by atoms with E-state index in [0.29, 0.717) is 11.7 Å². The average Bonchev–Trinajstić information content (AvgIpc) is 2.33. The Balaban J connectivity index is 0.000000211. The molecular weight excluding hydrogens is 372 g/mol. The summed E-state index contributed by atoms with van der Waals surface area (Å²) in [6, 6.07) is 5.99. The minimum absolute atomic E-state index is 0.0666. The first kappa shape index (κ1) is 18.5. The van der Waals surface area contributed by atoms with Gasteiger partial charge < -0.3 is 0 Å². The van der Waals surface area contributed by atoms with Crippen LogP contribution in [0, 0.1) is 6.92 Å². The van der Waals surface area contributed by atoms with Crippen LogP contribution in [0.1, 0.15) is 25.3 Å². The van der Waals surface area contributed by atoms with Gasteiger partial charge in [-0.05, 0) is 19.1 Å². The van der Waals surface area contributed by atoms with Crippen LogP contribution in [0.25, 0.3) is 0 Å². The molecule has 1 aliphatic heterocycles. The molecular formula is C13H17F3O3SSe. The van der Waals surface area contributed by atoms with Crippen LogP contribution in [0.15, 0.2) is 29.2 Å². The maximum absolute atomic E-state index is 12.9. The summed E-state index contributed by atoms with van der Waals surface area (Å²) >= 11 is -0.533. The van der Waals surface area contributed by atoms with Crippen LogP contribution in [0.5, 0.6) is 0 Å². The quantitative estimate of drug-likeness (QED) is 0.591. The molecule has 3 nitrogen and oxygen atoms in total. The molecule has 0 aromatic heterocycles. The van der Waals surface area contributed by atoms with Gasteiger partial charge in [-0.15, -0.1) is 0 Å². The van der Waals surface area contributed by atoms with Crippen LogP contribution in [0.2, 0.25) is 5.32 Å². The monoisotopic (exact) mass is 390 g/mol. The van der Waals surface area contributed by atoms with Crippen LogP contribution in [0.3, 0.4) is 0 Å². The molecule has 1 unspecified atom stereocenters. The molecule has 1 aromatic rings. The van der Waals surface area contributed by atoms with Gasteiger partial charge in [0.15, 0.2) is 0 Å². The Labute approximate surface area is 128 Å². The number of hydrogen-bond donors (Lipinski definition) is 1. The molecule has 0 amide bonds. The number of aryl methyl sites for hydroxylation is 1. The van der Waals surface area contributed by atoms with Crippen LogP contribution in [0.4, 0.5) is 13.2 Å². The summed E-state index contributed by atoms with van der Waals surface area (Å²) in [5.74, 6) is -3.06. The fourth-order valence-electron chi connectivity index (χ4n) is 1.60. The molecule has 1 aromatic carbocycles. The van der Waals surface area contributed by atoms with Gasteiger partial charge in [-0.1, -0.05) is 17.7 Å². The van der Waals surface area contributed by atoms with Crippen LogP contribution < -0.4 is 0 Å². The smallest absolute Gasteiger partial charge is 0.282 e. The Bertz CT molecular complexity index is 555. The number of halogens is 3. The van der Waals surface area contributed by atoms with E-state index in [1.807, 2.05) is 6.92 Å². The second-order valence-electron chi connectivity index (χ2n) is 4.86. The van der Waals surface area contributed by atoms with Gasteiger partial charge in [-0.3, -0.25) is 4.55 Å². The van der Waals surface area contributed by atoms with Gasteiger partial charge in [0.1, 0.15) is 0 Å². The predicted octanol–water partition coefficient (Wildman–Crippen LogP) is 3.47. The van der Waals surface area contributed by atoms with Gasteiger partial charge >= 0.3 is 63.7 Å². The van der Waals surface area contributed by atoms with Gasteiger partial charge in [0.2, 0.25) is 0 Å². The fraction of sp³-hybridized carbons (Fsp3) is 0.538. The van der Waals surface area contributed by atoms with E-state index in [4.69, 9.17) is 4.55 Å². The van der Waals surface area contributed by atoms with Gasteiger partial charge in [0.05, 0.1) is 4.90 Å². The van der Waals surface area contributed by atoms with Gasteiger partial charge in [0.25, 0.3) is 10.1 Å². The molecule has 0 radical (unpaired) electrons. The van der Waals surface area contributed by atoms with Crippen molar-refractivity contribution in [1.29, 1.82) is 0 Å². The van der Waals surface area contributed by atoms with Crippen molar-refractivity contribution in [2.75, 3.05) is 0 Å². The molecule has 2 rings (SSSR count). The molecule has 120 valence electrons. The Morgan fingerprint density at radius 1 is 1.19 bits per heavy atom. The predicted molar refractivity (Wildman–Crippen MR) is 75.2 cm³/mol. The zero-order chi connectivity index (χ0) is 16.3. The number of benzene rings is 1. The summed E-state index contributed by atoms with van der Waals surface area (Å²) in [5, 5.41) is 0.648. The first-order valence-corrected chi connectivity index (χ1v) is 9.71. The maximum Gasteiger partial charge on any atom is 0.294 e. The van der Waals surface area contributed by atoms with E-state index in [1.54, 1.807) is 12.1 Å². The fourth-order valence-corrected chi connectivity index (χ4v) is 4.14. The summed E-state index contributed by atoms with van der Waals surface area (Å²) < 4.78 is 65.5. The van der Waals surface area contributed by atoms with Crippen molar-refractivity contribution in [3.8, 4) is 0 Å². The number of alkyl halides is 3. The first-order chi connectivity index (χ1) is 9.46. The van der Waals surface area contributed by atoms with Gasteiger partial charge in [-0.25, -0.2) is 0 Å². The number of hydrogen-bond acceptors (Lipinski definition) is 2. The normalized spacial score (nSPS) is 24.9. The maximum atomic E-state index is 12.9. The molecule has 0 aliphatic carbocycles. The Kier molecular flexibility index (Phi) is 5.89. The molecule has 1 N–H and O–H groups in total. The van der Waals surface area contributed by atoms with Gasteiger partial charge in [0, 0.05) is 0 Å². The van der Waals surface area contributed by atoms with Crippen molar-refractivity contribution in [2.24, 2.45) is 0 Å². The van der Waals surface area contributed by atoms with Crippen molar-refractivity contribution in [3.05, 3.63) is 29.8 Å². The summed E-state index contributed by atoms with van der Waals surface area (Å²) in [4.78, 5) is -0.0666. The van der Waals surface area contributed by atoms with Crippen molar-refractivity contribution in [3.63, 3.8) is 0 Å². The minimum Gasteiger partial charge on any atom is -0.282 e. The molecule has 8 heteroatoms. The molecule has 0 spiro atoms. The SMILES string of the molecule is CC1(F)[Se]CCCC1(F)F.Cc1ccc(S(=O)(=O)O)cc1. The zero-order valence-electron chi connectivity index (χ0n) is 11.6. The van der Waals surface area contributed by atoms with Crippen LogP contribution in [-0.2, 0) is 10.1 Å². The Morgan fingerprint density at radius 3 is 2.05 bits per heavy atom. The van der Waals surface area contributed by atoms with E-state index >= 15 is 0 Å². The van der Waals surface area contributed by atoms with Gasteiger partial charge in [-0.2, -0.15) is 8.42 Å². The van der Waals surface area contributed by atoms with Crippen LogP contribution in [-0.4, -0.2) is 38.4 Å². The van der Waals surface area contributed by atoms with E-state index in [1.165, 1.54) is 12.1 Å². The Hall–Kier alpha value is -0.561. The summed E-state index contributed by atoms with van der Waals surface area (Å²) in [6.45, 7) is 2.86. The van der Waals surface area contributed by atoms with Crippen molar-refractivity contribution in [1.82, 2.24) is 0 Å². The average molecular weight is 389 g/mol. The van der Waals surface area contributed by atoms with E-state index in [9.17, 15) is 21.6 Å². The Morgan fingerprint density at radius 2 is 1.71 bits per heavy atom. The molecule has 0 bridgehead atoms. The first-order valence-electron chi connectivity index (χ1n) is 6.20. The molecule has 21 heavy (non-hydrogen) atoms. The zero-order valence-corrected chi connectivity index (χ0v) is 14.2. The van der Waals surface area contributed by atoms with Crippen LogP contribution >= 0.6 is 0 Å². The van der Waals surface area contributed by atoms with E-state index in [-0.39, 0.29) is 11.3 Å². The minimum atomic E-state index is -4.02. The second kappa shape index (κ2) is 6.69. The second-order valence-corrected chi connectivity index (χ2v) is 9.35. The van der Waals surface area contributed by atoms with Crippen molar-refractivity contribution in [2.45, 2.75) is 47.4 Å². The standard InChI is InChI=1S/C7H8O3S.C6H9F3Se/c1-6-2-4-7(5-3-6)11(8,9)10;1-5(7)6(8,9)3-2-4-10-5/h2-5H,1H3,(H,8,9,10);2-4H2,1H3. The third-order valence-electron chi connectivity index (χ3n) is 2.98. The van der Waals surface area contributed by atoms with Crippen molar-refractivity contribution < 1.29 is 26.1 Å². The van der Waals surface area contributed by atoms with E-state index < -0.39 is 35.6 Å². The van der Waals surface area contributed by atoms with Crippen molar-refractivity contribution >= 4 is 25.1 Å². The summed E-state index contributed by atoms with van der Waals surface area (Å²) in [5.41, 5.74) is 0.956. The number of rotatable bonds is 1. The summed E-state index contributed by atoms with van der Waals surface area (Å²) in [7, 11) is -4.02. The summed E-state index contributed by atoms with van der Waals surface area (Å²) in [6.07, 6.45) is 0.203. The topological polar surface area (TPSA) is 54.4 Å². The molecule has 1 aliphatic rings. The third-order valence-corrected chi connectivity index (χ3v) is 6.65. The molecule has 1 fully saturated rings. The third kappa shape index (κ3) is 5.29. The van der Waals surface area contributed by atoms with E-state index in [2.05, 4.69) is 0 Å². The largest absolute Gasteiger partial charge is 0.294 e.